The van der Waals surface area contributed by atoms with E-state index in [-0.39, 0.29) is 42.1 Å². The number of Topliss-reactive ketones (excluding diaryl/α,β-unsaturated/α-hetero) is 2. The summed E-state index contributed by atoms with van der Waals surface area (Å²) in [5, 5.41) is 6.90. The Morgan fingerprint density at radius 3 is 2.53 bits per heavy atom. The second-order valence-corrected chi connectivity index (χ2v) is 12.7. The number of para-hydroxylation sites is 1. The van der Waals surface area contributed by atoms with E-state index in [0.29, 0.717) is 45.1 Å². The number of ketones is 2. The van der Waals surface area contributed by atoms with Gasteiger partial charge in [-0.05, 0) is 49.7 Å². The van der Waals surface area contributed by atoms with Crippen molar-refractivity contribution >= 4 is 40.2 Å². The third-order valence-corrected chi connectivity index (χ3v) is 9.67. The molecule has 1 aromatic heterocycles. The maximum absolute atomic E-state index is 14.1. The van der Waals surface area contributed by atoms with Crippen molar-refractivity contribution < 1.29 is 28.8 Å². The molecule has 10 nitrogen and oxygen atoms in total. The number of hydrogen-bond acceptors (Lipinski definition) is 6. The maximum atomic E-state index is 14.1. The molecule has 3 amide bonds. The van der Waals surface area contributed by atoms with Gasteiger partial charge >= 0.3 is 0 Å². The molecular weight excluding hydrogens is 572 g/mol. The Morgan fingerprint density at radius 2 is 1.80 bits per heavy atom. The summed E-state index contributed by atoms with van der Waals surface area (Å²) in [4.78, 5) is 74.8. The molecule has 246 valence electrons. The minimum absolute atomic E-state index is 0.0134. The average molecular weight is 623 g/mol. The Hall–Kier alpha value is -3.69. The highest BCUT2D eigenvalue weighted by Crippen LogP contribution is 2.27. The molecule has 10 heteroatoms. The van der Waals surface area contributed by atoms with Crippen molar-refractivity contribution in [1.82, 2.24) is 20.3 Å². The fourth-order valence-electron chi connectivity index (χ4n) is 6.67. The highest BCUT2D eigenvalue weighted by atomic mass is 16.6. The van der Waals surface area contributed by atoms with E-state index in [9.17, 15) is 24.0 Å². The van der Waals surface area contributed by atoms with E-state index in [4.69, 9.17) is 4.84 Å². The van der Waals surface area contributed by atoms with E-state index in [0.717, 1.165) is 42.1 Å². The van der Waals surface area contributed by atoms with Crippen LogP contribution in [0.4, 0.5) is 0 Å². The molecule has 0 bridgehead atoms. The third kappa shape index (κ3) is 8.32. The fourth-order valence-corrected chi connectivity index (χ4v) is 6.67. The monoisotopic (exact) mass is 622 g/mol. The Balaban J connectivity index is 1.66. The molecular formula is C35H50N4O6. The van der Waals surface area contributed by atoms with Gasteiger partial charge in [0.05, 0.1) is 11.6 Å². The van der Waals surface area contributed by atoms with Gasteiger partial charge in [0.25, 0.3) is 0 Å². The van der Waals surface area contributed by atoms with Crippen LogP contribution in [0.25, 0.3) is 10.9 Å². The number of nitrogens with zero attached hydrogens (tertiary/aromatic N) is 2. The molecule has 3 heterocycles. The lowest BCUT2D eigenvalue weighted by Gasteiger charge is -2.39. The number of fused-ring (bicyclic) bond motifs is 2. The number of aromatic nitrogens is 1. The summed E-state index contributed by atoms with van der Waals surface area (Å²) in [5.74, 6) is -1.67. The molecule has 2 aromatic rings. The zero-order valence-electron chi connectivity index (χ0n) is 27.3. The number of hydrogen-bond donors (Lipinski definition) is 2. The van der Waals surface area contributed by atoms with Crippen LogP contribution in [0.2, 0.25) is 0 Å². The van der Waals surface area contributed by atoms with Gasteiger partial charge in [-0.1, -0.05) is 58.2 Å². The average Bonchev–Trinajstić information content (AvgIpc) is 3.41. The van der Waals surface area contributed by atoms with Crippen LogP contribution >= 0.6 is 0 Å². The highest BCUT2D eigenvalue weighted by molar-refractivity contribution is 5.98. The zero-order chi connectivity index (χ0) is 32.5. The second kappa shape index (κ2) is 16.0. The number of carbonyl (C=O) groups is 5. The summed E-state index contributed by atoms with van der Waals surface area (Å²) in [7, 11) is 1.57. The summed E-state index contributed by atoms with van der Waals surface area (Å²) in [6.45, 7) is 6.22. The Bertz CT molecular complexity index is 1370. The number of piperidine rings is 1. The molecule has 4 rings (SSSR count). The van der Waals surface area contributed by atoms with E-state index < -0.39 is 30.0 Å². The predicted molar refractivity (Wildman–Crippen MR) is 172 cm³/mol. The molecule has 45 heavy (non-hydrogen) atoms. The SMILES string of the molecule is CCC(=O)CCCCC[C@@H]1CC(=O)C2CCCCN2C(=O)[C@H]([C@@H](C)CC)NC(=O)[C@H](Cc2cn(OC)c3ccccc23)NC1=O. The Kier molecular flexibility index (Phi) is 12.2. The fraction of sp³-hybridized carbons (Fsp3) is 0.629. The molecule has 1 aromatic carbocycles. The summed E-state index contributed by atoms with van der Waals surface area (Å²) < 4.78 is 1.63. The minimum atomic E-state index is -0.968. The lowest BCUT2D eigenvalue weighted by Crippen LogP contribution is -2.61. The van der Waals surface area contributed by atoms with Crippen LogP contribution in [0.1, 0.15) is 97.0 Å². The first-order chi connectivity index (χ1) is 21.7. The first-order valence-corrected chi connectivity index (χ1v) is 16.8. The van der Waals surface area contributed by atoms with Crippen LogP contribution in [0.15, 0.2) is 30.5 Å². The van der Waals surface area contributed by atoms with Gasteiger partial charge in [-0.3, -0.25) is 24.0 Å². The molecule has 2 fully saturated rings. The third-order valence-electron chi connectivity index (χ3n) is 9.67. The lowest BCUT2D eigenvalue weighted by molar-refractivity contribution is -0.147. The van der Waals surface area contributed by atoms with Gasteiger partial charge in [0, 0.05) is 49.7 Å². The lowest BCUT2D eigenvalue weighted by atomic mass is 9.87. The van der Waals surface area contributed by atoms with Gasteiger partial charge in [-0.25, -0.2) is 0 Å². The molecule has 0 saturated carbocycles. The van der Waals surface area contributed by atoms with Gasteiger partial charge in [-0.2, -0.15) is 4.73 Å². The molecule has 0 aliphatic carbocycles. The van der Waals surface area contributed by atoms with Gasteiger partial charge in [0.1, 0.15) is 25.0 Å². The summed E-state index contributed by atoms with van der Waals surface area (Å²) in [6, 6.07) is 5.31. The van der Waals surface area contributed by atoms with Crippen molar-refractivity contribution in [3.05, 3.63) is 36.0 Å². The minimum Gasteiger partial charge on any atom is -0.417 e. The van der Waals surface area contributed by atoms with Crippen molar-refractivity contribution in [2.45, 2.75) is 116 Å². The van der Waals surface area contributed by atoms with Gasteiger partial charge in [-0.15, -0.1) is 0 Å². The van der Waals surface area contributed by atoms with Gasteiger partial charge in [0.2, 0.25) is 17.7 Å². The maximum Gasteiger partial charge on any atom is 0.246 e. The van der Waals surface area contributed by atoms with Crippen LogP contribution in [-0.2, 0) is 30.4 Å². The number of rotatable bonds is 12. The van der Waals surface area contributed by atoms with Crippen molar-refractivity contribution in [3.63, 3.8) is 0 Å². The molecule has 2 saturated heterocycles. The molecule has 2 aliphatic rings. The summed E-state index contributed by atoms with van der Waals surface area (Å²) >= 11 is 0. The van der Waals surface area contributed by atoms with E-state index in [2.05, 4.69) is 10.6 Å². The summed E-state index contributed by atoms with van der Waals surface area (Å²) in [6.07, 6.45) is 8.55. The van der Waals surface area contributed by atoms with Crippen LogP contribution in [0, 0.1) is 11.8 Å². The standard InChI is InChI=1S/C35H50N4O6/c1-5-23(3)32-35(44)38-19-13-12-18-30(38)31(41)21-24(14-8-7-9-15-26(40)6-2)33(42)36-28(34(43)37-32)20-25-22-39(45-4)29-17-11-10-16-27(25)29/h10-11,16-17,22-24,28,30,32H,5-9,12-15,18-21H2,1-4H3,(H,36,42)(H,37,43)/t23-,24+,28-,30?,32-/m0/s1. The number of benzene rings is 1. The Morgan fingerprint density at radius 1 is 1.02 bits per heavy atom. The highest BCUT2D eigenvalue weighted by Gasteiger charge is 2.40. The number of carbonyl (C=O) groups excluding carboxylic acids is 5. The van der Waals surface area contributed by atoms with Gasteiger partial charge in [0.15, 0.2) is 5.78 Å². The second-order valence-electron chi connectivity index (χ2n) is 12.7. The van der Waals surface area contributed by atoms with Crippen LogP contribution in [0.5, 0.6) is 0 Å². The molecule has 2 N–H and O–H groups in total. The molecule has 0 radical (unpaired) electrons. The van der Waals surface area contributed by atoms with Crippen molar-refractivity contribution in [3.8, 4) is 0 Å². The smallest absolute Gasteiger partial charge is 0.246 e. The first-order valence-electron chi connectivity index (χ1n) is 16.8. The van der Waals surface area contributed by atoms with E-state index in [1.165, 1.54) is 0 Å². The molecule has 5 atom stereocenters. The molecule has 1 unspecified atom stereocenters. The number of amides is 3. The normalized spacial score (nSPS) is 23.9. The van der Waals surface area contributed by atoms with Crippen LogP contribution in [-0.4, -0.2) is 70.7 Å². The Labute approximate surface area is 266 Å². The van der Waals surface area contributed by atoms with Crippen LogP contribution in [0.3, 0.4) is 0 Å². The number of unbranched alkanes of at least 4 members (excludes halogenated alkanes) is 2. The van der Waals surface area contributed by atoms with Crippen LogP contribution < -0.4 is 15.5 Å². The van der Waals surface area contributed by atoms with Gasteiger partial charge < -0.3 is 20.4 Å². The van der Waals surface area contributed by atoms with Crippen molar-refractivity contribution in [1.29, 1.82) is 0 Å². The largest absolute Gasteiger partial charge is 0.417 e. The van der Waals surface area contributed by atoms with E-state index >= 15 is 0 Å². The predicted octanol–water partition coefficient (Wildman–Crippen LogP) is 4.16. The summed E-state index contributed by atoms with van der Waals surface area (Å²) in [5.41, 5.74) is 1.65. The quantitative estimate of drug-likeness (QED) is 0.343. The number of nitrogens with one attached hydrogen (secondary N) is 2. The topological polar surface area (TPSA) is 127 Å². The van der Waals surface area contributed by atoms with E-state index in [1.54, 1.807) is 16.7 Å². The first kappa shape index (κ1) is 34.2. The van der Waals surface area contributed by atoms with Crippen molar-refractivity contribution in [2.24, 2.45) is 11.8 Å². The molecule has 2 aliphatic heterocycles. The molecule has 0 spiro atoms. The van der Waals surface area contributed by atoms with Crippen molar-refractivity contribution in [2.75, 3.05) is 13.7 Å². The van der Waals surface area contributed by atoms with E-state index in [1.807, 2.05) is 51.2 Å². The zero-order valence-corrected chi connectivity index (χ0v) is 27.3.